The fraction of sp³-hybridized carbons (Fsp3) is 0.429. The number of ether oxygens (including phenoxy) is 2. The predicted octanol–water partition coefficient (Wildman–Crippen LogP) is 5.61. The number of hydrogen-bond donors (Lipinski definition) is 0. The summed E-state index contributed by atoms with van der Waals surface area (Å²) in [5.74, 6) is 3.66. The monoisotopic (exact) mass is 460 g/mol. The third kappa shape index (κ3) is 4.96. The Morgan fingerprint density at radius 1 is 1.09 bits per heavy atom. The highest BCUT2D eigenvalue weighted by Crippen LogP contribution is 2.38. The first-order chi connectivity index (χ1) is 16.6. The van der Waals surface area contributed by atoms with Crippen molar-refractivity contribution in [3.8, 4) is 22.8 Å². The molecular formula is C28H32N2O4. The second-order valence-corrected chi connectivity index (χ2v) is 9.56. The average molecular weight is 461 g/mol. The molecule has 5 rings (SSSR count). The zero-order valence-corrected chi connectivity index (χ0v) is 20.0. The molecule has 178 valence electrons. The molecule has 1 atom stereocenters. The molecular weight excluding hydrogens is 428 g/mol. The lowest BCUT2D eigenvalue weighted by molar-refractivity contribution is -0.132. The van der Waals surface area contributed by atoms with Crippen molar-refractivity contribution in [3.63, 3.8) is 0 Å². The van der Waals surface area contributed by atoms with E-state index < -0.39 is 0 Å². The van der Waals surface area contributed by atoms with E-state index in [1.54, 1.807) is 6.20 Å². The molecule has 2 aliphatic rings. The van der Waals surface area contributed by atoms with E-state index in [4.69, 9.17) is 13.9 Å². The Labute approximate surface area is 200 Å². The molecule has 6 nitrogen and oxygen atoms in total. The number of benzene rings is 2. The highest BCUT2D eigenvalue weighted by Gasteiger charge is 2.30. The molecule has 2 aliphatic heterocycles. The molecule has 1 fully saturated rings. The summed E-state index contributed by atoms with van der Waals surface area (Å²) in [5, 5.41) is 0. The van der Waals surface area contributed by atoms with Gasteiger partial charge in [-0.15, -0.1) is 0 Å². The highest BCUT2D eigenvalue weighted by atomic mass is 16.6. The van der Waals surface area contributed by atoms with Crippen LogP contribution >= 0.6 is 0 Å². The van der Waals surface area contributed by atoms with Crippen molar-refractivity contribution in [1.29, 1.82) is 0 Å². The number of hydrogen-bond acceptors (Lipinski definition) is 5. The van der Waals surface area contributed by atoms with Gasteiger partial charge < -0.3 is 18.8 Å². The smallest absolute Gasteiger partial charge is 0.223 e. The van der Waals surface area contributed by atoms with E-state index in [1.165, 1.54) is 5.56 Å². The van der Waals surface area contributed by atoms with Gasteiger partial charge in [-0.3, -0.25) is 4.79 Å². The minimum absolute atomic E-state index is 0.0767. The number of likely N-dealkylation sites (tertiary alicyclic amines) is 1. The summed E-state index contributed by atoms with van der Waals surface area (Å²) in [5.41, 5.74) is 3.44. The normalized spacial score (nSPS) is 17.4. The number of aryl methyl sites for hydroxylation is 1. The molecule has 2 aromatic carbocycles. The van der Waals surface area contributed by atoms with Crippen molar-refractivity contribution in [2.24, 2.45) is 5.92 Å². The van der Waals surface area contributed by atoms with Crippen molar-refractivity contribution >= 4 is 5.91 Å². The molecule has 0 N–H and O–H groups in total. The lowest BCUT2D eigenvalue weighted by Crippen LogP contribution is -2.30. The minimum Gasteiger partial charge on any atom is -0.486 e. The van der Waals surface area contributed by atoms with Gasteiger partial charge >= 0.3 is 0 Å². The van der Waals surface area contributed by atoms with Crippen LogP contribution in [0.15, 0.2) is 53.1 Å². The average Bonchev–Trinajstić information content (AvgIpc) is 3.53. The second kappa shape index (κ2) is 9.92. The molecule has 0 radical (unpaired) electrons. The summed E-state index contributed by atoms with van der Waals surface area (Å²) in [6.45, 7) is 6.35. The minimum atomic E-state index is 0.0767. The first kappa shape index (κ1) is 22.5. The zero-order valence-electron chi connectivity index (χ0n) is 20.0. The van der Waals surface area contributed by atoms with Crippen LogP contribution in [0, 0.1) is 5.92 Å². The number of rotatable bonds is 7. The molecule has 0 bridgehead atoms. The van der Waals surface area contributed by atoms with Crippen LogP contribution in [0.3, 0.4) is 0 Å². The van der Waals surface area contributed by atoms with Crippen molar-refractivity contribution in [2.45, 2.75) is 52.0 Å². The lowest BCUT2D eigenvalue weighted by atomic mass is 10.0. The van der Waals surface area contributed by atoms with Crippen molar-refractivity contribution in [3.05, 3.63) is 65.7 Å². The van der Waals surface area contributed by atoms with E-state index in [2.05, 4.69) is 49.2 Å². The van der Waals surface area contributed by atoms with Gasteiger partial charge in [0, 0.05) is 24.9 Å². The SMILES string of the molecule is CC(C)Cc1ccc(-c2cnc(CCC(=O)N3CCCC3c3ccc4c(c3)OCCO4)o2)cc1. The van der Waals surface area contributed by atoms with Gasteiger partial charge in [-0.05, 0) is 48.4 Å². The highest BCUT2D eigenvalue weighted by molar-refractivity contribution is 5.77. The number of oxazole rings is 1. The maximum atomic E-state index is 13.1. The Morgan fingerprint density at radius 2 is 1.88 bits per heavy atom. The maximum Gasteiger partial charge on any atom is 0.223 e. The van der Waals surface area contributed by atoms with Crippen molar-refractivity contribution in [2.75, 3.05) is 19.8 Å². The molecule has 3 aromatic rings. The van der Waals surface area contributed by atoms with E-state index >= 15 is 0 Å². The molecule has 1 saturated heterocycles. The number of carbonyl (C=O) groups is 1. The topological polar surface area (TPSA) is 64.8 Å². The number of fused-ring (bicyclic) bond motifs is 1. The maximum absolute atomic E-state index is 13.1. The van der Waals surface area contributed by atoms with E-state index in [0.717, 1.165) is 54.2 Å². The molecule has 3 heterocycles. The third-order valence-electron chi connectivity index (χ3n) is 6.51. The molecule has 1 amide bonds. The molecule has 0 aliphatic carbocycles. The number of amides is 1. The third-order valence-corrected chi connectivity index (χ3v) is 6.51. The van der Waals surface area contributed by atoms with Crippen molar-refractivity contribution in [1.82, 2.24) is 9.88 Å². The number of carbonyl (C=O) groups excluding carboxylic acids is 1. The summed E-state index contributed by atoms with van der Waals surface area (Å²) >= 11 is 0. The zero-order chi connectivity index (χ0) is 23.5. The van der Waals surface area contributed by atoms with Crippen LogP contribution in [0.2, 0.25) is 0 Å². The van der Waals surface area contributed by atoms with Crippen LogP contribution in [0.25, 0.3) is 11.3 Å². The van der Waals surface area contributed by atoms with Gasteiger partial charge in [-0.1, -0.05) is 44.2 Å². The summed E-state index contributed by atoms with van der Waals surface area (Å²) in [7, 11) is 0. The molecule has 34 heavy (non-hydrogen) atoms. The fourth-order valence-electron chi connectivity index (χ4n) is 4.87. The van der Waals surface area contributed by atoms with Crippen LogP contribution in [0.4, 0.5) is 0 Å². The molecule has 0 spiro atoms. The Balaban J connectivity index is 1.20. The predicted molar refractivity (Wildman–Crippen MR) is 130 cm³/mol. The first-order valence-corrected chi connectivity index (χ1v) is 12.3. The summed E-state index contributed by atoms with van der Waals surface area (Å²) < 4.78 is 17.3. The summed E-state index contributed by atoms with van der Waals surface area (Å²) in [6, 6.07) is 14.6. The Bertz CT molecular complexity index is 1140. The van der Waals surface area contributed by atoms with Gasteiger partial charge in [-0.25, -0.2) is 4.98 Å². The van der Waals surface area contributed by atoms with E-state index in [1.807, 2.05) is 17.0 Å². The van der Waals surface area contributed by atoms with Gasteiger partial charge in [0.1, 0.15) is 13.2 Å². The van der Waals surface area contributed by atoms with Gasteiger partial charge in [0.15, 0.2) is 23.1 Å². The molecule has 0 saturated carbocycles. The van der Waals surface area contributed by atoms with Gasteiger partial charge in [-0.2, -0.15) is 0 Å². The van der Waals surface area contributed by atoms with Crippen LogP contribution in [-0.4, -0.2) is 35.5 Å². The molecule has 1 unspecified atom stereocenters. The number of nitrogens with zero attached hydrogens (tertiary/aromatic N) is 2. The van der Waals surface area contributed by atoms with Gasteiger partial charge in [0.05, 0.1) is 12.2 Å². The van der Waals surface area contributed by atoms with E-state index in [0.29, 0.717) is 37.9 Å². The van der Waals surface area contributed by atoms with Crippen LogP contribution in [0.5, 0.6) is 11.5 Å². The van der Waals surface area contributed by atoms with Crippen molar-refractivity contribution < 1.29 is 18.7 Å². The number of aromatic nitrogens is 1. The first-order valence-electron chi connectivity index (χ1n) is 12.3. The quantitative estimate of drug-likeness (QED) is 0.459. The van der Waals surface area contributed by atoms with Crippen LogP contribution in [-0.2, 0) is 17.6 Å². The van der Waals surface area contributed by atoms with Gasteiger partial charge in [0.25, 0.3) is 0 Å². The van der Waals surface area contributed by atoms with Crippen LogP contribution in [0.1, 0.15) is 56.2 Å². The van der Waals surface area contributed by atoms with E-state index in [-0.39, 0.29) is 11.9 Å². The Kier molecular flexibility index (Phi) is 6.57. The summed E-state index contributed by atoms with van der Waals surface area (Å²) in [6.07, 6.45) is 5.66. The summed E-state index contributed by atoms with van der Waals surface area (Å²) in [4.78, 5) is 19.5. The fourth-order valence-corrected chi connectivity index (χ4v) is 4.87. The van der Waals surface area contributed by atoms with E-state index in [9.17, 15) is 4.79 Å². The Morgan fingerprint density at radius 3 is 2.68 bits per heavy atom. The second-order valence-electron chi connectivity index (χ2n) is 9.56. The Hall–Kier alpha value is -3.28. The molecule has 1 aromatic heterocycles. The lowest BCUT2D eigenvalue weighted by Gasteiger charge is -2.26. The molecule has 6 heteroatoms. The van der Waals surface area contributed by atoms with Gasteiger partial charge in [0.2, 0.25) is 5.91 Å². The largest absolute Gasteiger partial charge is 0.486 e. The standard InChI is InChI=1S/C28H32N2O4/c1-19(2)16-20-5-7-21(8-6-20)26-18-29-27(34-26)11-12-28(31)30-13-3-4-23(30)22-9-10-24-25(17-22)33-15-14-32-24/h5-10,17-19,23H,3-4,11-16H2,1-2H3. The van der Waals surface area contributed by atoms with Crippen LogP contribution < -0.4 is 9.47 Å².